The van der Waals surface area contributed by atoms with Crippen LogP contribution < -0.4 is 0 Å². The zero-order valence-corrected chi connectivity index (χ0v) is 9.74. The normalized spacial score (nSPS) is 16.9. The van der Waals surface area contributed by atoms with Crippen LogP contribution in [0.3, 0.4) is 0 Å². The monoisotopic (exact) mass is 237 g/mol. The second kappa shape index (κ2) is 7.10. The quantitative estimate of drug-likeness (QED) is 0.856. The Hall–Kier alpha value is -0.250. The molecule has 0 aromatic carbocycles. The van der Waals surface area contributed by atoms with Gasteiger partial charge in [0.15, 0.2) is 0 Å². The molecule has 1 saturated heterocycles. The van der Waals surface area contributed by atoms with Gasteiger partial charge in [-0.25, -0.2) is 4.98 Å². The van der Waals surface area contributed by atoms with E-state index in [2.05, 4.69) is 14.9 Å². The van der Waals surface area contributed by atoms with Crippen molar-refractivity contribution >= 4 is 24.8 Å². The first-order valence-electron chi connectivity index (χ1n) is 4.66. The van der Waals surface area contributed by atoms with E-state index in [1.54, 1.807) is 0 Å². The molecule has 0 bridgehead atoms. The largest absolute Gasteiger partial charge is 0.348 e. The summed E-state index contributed by atoms with van der Waals surface area (Å²) in [5.41, 5.74) is 0. The molecule has 5 heteroatoms. The number of nitrogens with one attached hydrogen (secondary N) is 1. The molecule has 0 spiro atoms. The van der Waals surface area contributed by atoms with Crippen LogP contribution in [-0.2, 0) is 6.54 Å². The third-order valence-electron chi connectivity index (χ3n) is 2.38. The van der Waals surface area contributed by atoms with Gasteiger partial charge in [0.25, 0.3) is 0 Å². The molecule has 82 valence electrons. The lowest BCUT2D eigenvalue weighted by Gasteiger charge is -2.25. The van der Waals surface area contributed by atoms with Crippen LogP contribution in [0.25, 0.3) is 0 Å². The summed E-state index contributed by atoms with van der Waals surface area (Å²) < 4.78 is 0. The number of piperidine rings is 1. The predicted molar refractivity (Wildman–Crippen MR) is 62.2 cm³/mol. The standard InChI is InChI=1S/C9H15N3.2ClH/c1-2-6-12(7-3-1)8-9-10-4-5-11-9;;/h4-5H,1-3,6-8H2,(H,10,11);2*1H. The second-order valence-corrected chi connectivity index (χ2v) is 3.37. The molecule has 0 saturated carbocycles. The van der Waals surface area contributed by atoms with Gasteiger partial charge in [0.2, 0.25) is 0 Å². The average Bonchev–Trinajstić information content (AvgIpc) is 2.59. The first-order chi connectivity index (χ1) is 5.95. The van der Waals surface area contributed by atoms with Crippen molar-refractivity contribution in [3.8, 4) is 0 Å². The third-order valence-corrected chi connectivity index (χ3v) is 2.38. The van der Waals surface area contributed by atoms with Gasteiger partial charge in [-0.05, 0) is 25.9 Å². The Bertz CT molecular complexity index is 220. The summed E-state index contributed by atoms with van der Waals surface area (Å²) in [6, 6.07) is 0. The maximum Gasteiger partial charge on any atom is 0.120 e. The maximum atomic E-state index is 4.21. The molecule has 2 rings (SSSR count). The minimum atomic E-state index is 0. The maximum absolute atomic E-state index is 4.21. The van der Waals surface area contributed by atoms with Crippen molar-refractivity contribution in [2.45, 2.75) is 25.8 Å². The van der Waals surface area contributed by atoms with Gasteiger partial charge in [-0.2, -0.15) is 0 Å². The molecule has 2 heterocycles. The number of likely N-dealkylation sites (tertiary alicyclic amines) is 1. The highest BCUT2D eigenvalue weighted by atomic mass is 35.5. The van der Waals surface area contributed by atoms with Crippen molar-refractivity contribution < 1.29 is 0 Å². The van der Waals surface area contributed by atoms with E-state index in [1.165, 1.54) is 32.4 Å². The van der Waals surface area contributed by atoms with E-state index in [9.17, 15) is 0 Å². The van der Waals surface area contributed by atoms with Gasteiger partial charge in [-0.1, -0.05) is 6.42 Å². The topological polar surface area (TPSA) is 31.9 Å². The van der Waals surface area contributed by atoms with Gasteiger partial charge >= 0.3 is 0 Å². The van der Waals surface area contributed by atoms with Gasteiger partial charge in [0.1, 0.15) is 5.82 Å². The SMILES string of the molecule is Cl.Cl.c1c[nH]c(CN2CCCCC2)n1. The molecule has 0 amide bonds. The van der Waals surface area contributed by atoms with E-state index < -0.39 is 0 Å². The van der Waals surface area contributed by atoms with Gasteiger partial charge in [0, 0.05) is 12.4 Å². The molecular formula is C9H17Cl2N3. The Balaban J connectivity index is 0.000000845. The van der Waals surface area contributed by atoms with Crippen LogP contribution in [0.15, 0.2) is 12.4 Å². The van der Waals surface area contributed by atoms with Crippen LogP contribution in [0, 0.1) is 0 Å². The summed E-state index contributed by atoms with van der Waals surface area (Å²) in [6.07, 6.45) is 7.80. The first kappa shape index (κ1) is 13.8. The summed E-state index contributed by atoms with van der Waals surface area (Å²) in [7, 11) is 0. The van der Waals surface area contributed by atoms with Gasteiger partial charge in [-0.3, -0.25) is 4.90 Å². The number of H-pyrrole nitrogens is 1. The Kier molecular flexibility index (Phi) is 6.97. The molecule has 0 unspecified atom stereocenters. The number of aromatic nitrogens is 2. The highest BCUT2D eigenvalue weighted by Gasteiger charge is 2.10. The molecule has 0 radical (unpaired) electrons. The molecular weight excluding hydrogens is 221 g/mol. The van der Waals surface area contributed by atoms with Crippen molar-refractivity contribution in [3.63, 3.8) is 0 Å². The van der Waals surface area contributed by atoms with Crippen LogP contribution in [-0.4, -0.2) is 28.0 Å². The van der Waals surface area contributed by atoms with Crippen molar-refractivity contribution in [3.05, 3.63) is 18.2 Å². The Morgan fingerprint density at radius 2 is 1.93 bits per heavy atom. The van der Waals surface area contributed by atoms with Crippen LogP contribution in [0.1, 0.15) is 25.1 Å². The molecule has 3 nitrogen and oxygen atoms in total. The molecule has 1 aliphatic rings. The first-order valence-corrected chi connectivity index (χ1v) is 4.66. The van der Waals surface area contributed by atoms with Crippen molar-refractivity contribution in [2.24, 2.45) is 0 Å². The predicted octanol–water partition coefficient (Wildman–Crippen LogP) is 2.24. The number of halogens is 2. The van der Waals surface area contributed by atoms with E-state index in [4.69, 9.17) is 0 Å². The Morgan fingerprint density at radius 3 is 2.50 bits per heavy atom. The summed E-state index contributed by atoms with van der Waals surface area (Å²) >= 11 is 0. The lowest BCUT2D eigenvalue weighted by Crippen LogP contribution is -2.29. The van der Waals surface area contributed by atoms with Gasteiger partial charge in [-0.15, -0.1) is 24.8 Å². The highest BCUT2D eigenvalue weighted by Crippen LogP contribution is 2.10. The number of aromatic amines is 1. The Morgan fingerprint density at radius 1 is 1.21 bits per heavy atom. The van der Waals surface area contributed by atoms with E-state index >= 15 is 0 Å². The fourth-order valence-electron chi connectivity index (χ4n) is 1.71. The molecule has 1 aromatic rings. The molecule has 0 atom stereocenters. The molecule has 1 N–H and O–H groups in total. The third kappa shape index (κ3) is 3.86. The Labute approximate surface area is 97.1 Å². The van der Waals surface area contributed by atoms with Gasteiger partial charge < -0.3 is 4.98 Å². The minimum Gasteiger partial charge on any atom is -0.348 e. The van der Waals surface area contributed by atoms with Crippen LogP contribution in [0.5, 0.6) is 0 Å². The van der Waals surface area contributed by atoms with Crippen molar-refractivity contribution in [1.29, 1.82) is 0 Å². The van der Waals surface area contributed by atoms with E-state index in [0.29, 0.717) is 0 Å². The van der Waals surface area contributed by atoms with Crippen molar-refractivity contribution in [1.82, 2.24) is 14.9 Å². The van der Waals surface area contributed by atoms with E-state index in [-0.39, 0.29) is 24.8 Å². The molecule has 14 heavy (non-hydrogen) atoms. The summed E-state index contributed by atoms with van der Waals surface area (Å²) in [4.78, 5) is 9.81. The summed E-state index contributed by atoms with van der Waals surface area (Å²) in [5.74, 6) is 1.09. The molecule has 1 aromatic heterocycles. The summed E-state index contributed by atoms with van der Waals surface area (Å²) in [6.45, 7) is 3.47. The zero-order chi connectivity index (χ0) is 8.23. The van der Waals surface area contributed by atoms with E-state index in [1.807, 2.05) is 12.4 Å². The number of nitrogens with zero attached hydrogens (tertiary/aromatic N) is 2. The summed E-state index contributed by atoms with van der Waals surface area (Å²) in [5, 5.41) is 0. The average molecular weight is 238 g/mol. The zero-order valence-electron chi connectivity index (χ0n) is 8.11. The van der Waals surface area contributed by atoms with Crippen LogP contribution in [0.4, 0.5) is 0 Å². The fourth-order valence-corrected chi connectivity index (χ4v) is 1.71. The molecule has 1 fully saturated rings. The van der Waals surface area contributed by atoms with Crippen molar-refractivity contribution in [2.75, 3.05) is 13.1 Å². The molecule has 1 aliphatic heterocycles. The lowest BCUT2D eigenvalue weighted by molar-refractivity contribution is 0.216. The second-order valence-electron chi connectivity index (χ2n) is 3.37. The van der Waals surface area contributed by atoms with E-state index in [0.717, 1.165) is 12.4 Å². The lowest BCUT2D eigenvalue weighted by atomic mass is 10.1. The minimum absolute atomic E-state index is 0. The fraction of sp³-hybridized carbons (Fsp3) is 0.667. The number of imidazole rings is 1. The number of hydrogen-bond donors (Lipinski definition) is 1. The molecule has 0 aliphatic carbocycles. The van der Waals surface area contributed by atoms with Crippen LogP contribution >= 0.6 is 24.8 Å². The number of rotatable bonds is 2. The number of hydrogen-bond acceptors (Lipinski definition) is 2. The van der Waals surface area contributed by atoms with Crippen LogP contribution in [0.2, 0.25) is 0 Å². The van der Waals surface area contributed by atoms with Gasteiger partial charge in [0.05, 0.1) is 6.54 Å². The highest BCUT2D eigenvalue weighted by molar-refractivity contribution is 5.85. The smallest absolute Gasteiger partial charge is 0.120 e.